The molecule has 0 bridgehead atoms. The van der Waals surface area contributed by atoms with Gasteiger partial charge in [-0.3, -0.25) is 0 Å². The van der Waals surface area contributed by atoms with Crippen LogP contribution in [0.25, 0.3) is 0 Å². The Hall–Kier alpha value is -1.24. The minimum absolute atomic E-state index is 0.0566. The van der Waals surface area contributed by atoms with Crippen LogP contribution in [0.5, 0.6) is 0 Å². The lowest BCUT2D eigenvalue weighted by atomic mass is 10.1. The predicted molar refractivity (Wildman–Crippen MR) is 77.6 cm³/mol. The quantitative estimate of drug-likeness (QED) is 0.814. The lowest BCUT2D eigenvalue weighted by Gasteiger charge is -2.23. The smallest absolute Gasteiger partial charge is 0.149 e. The van der Waals surface area contributed by atoms with E-state index in [1.807, 2.05) is 0 Å². The van der Waals surface area contributed by atoms with Crippen LogP contribution in [0.1, 0.15) is 12.0 Å². The number of benzene rings is 1. The van der Waals surface area contributed by atoms with Gasteiger partial charge >= 0.3 is 0 Å². The van der Waals surface area contributed by atoms with Crippen LogP contribution in [-0.2, 0) is 16.0 Å². The molecule has 2 rings (SSSR count). The van der Waals surface area contributed by atoms with Gasteiger partial charge in [0.15, 0.2) is 0 Å². The molecule has 0 saturated carbocycles. The lowest BCUT2D eigenvalue weighted by molar-refractivity contribution is 0.152. The van der Waals surface area contributed by atoms with Crippen molar-refractivity contribution in [2.45, 2.75) is 13.0 Å². The molecule has 21 heavy (non-hydrogen) atoms. The van der Waals surface area contributed by atoms with Crippen molar-refractivity contribution in [2.24, 2.45) is 0 Å². The molecular formula is C15H22F2N2O2. The Morgan fingerprint density at radius 2 is 2.00 bits per heavy atom. The molecule has 1 aromatic rings. The topological polar surface area (TPSA) is 33.7 Å². The summed E-state index contributed by atoms with van der Waals surface area (Å²) in [6.45, 7) is 3.89. The van der Waals surface area contributed by atoms with Gasteiger partial charge in [-0.15, -0.1) is 0 Å². The zero-order valence-corrected chi connectivity index (χ0v) is 12.3. The number of methoxy groups -OCH3 is 1. The van der Waals surface area contributed by atoms with E-state index < -0.39 is 11.6 Å². The fraction of sp³-hybridized carbons (Fsp3) is 0.600. The highest BCUT2D eigenvalue weighted by Gasteiger charge is 2.19. The Bertz CT molecular complexity index is 426. The third kappa shape index (κ3) is 4.62. The standard InChI is InChI=1S/C15H22F2N2O2/c1-20-7-3-18-11-12-9-13(16)15(14(17)10-12)19-4-2-6-21-8-5-19/h9-10,18H,2-8,11H2,1H3. The van der Waals surface area contributed by atoms with E-state index in [-0.39, 0.29) is 5.69 Å². The number of hydrogen-bond donors (Lipinski definition) is 1. The van der Waals surface area contributed by atoms with Gasteiger partial charge < -0.3 is 19.7 Å². The maximum Gasteiger partial charge on any atom is 0.149 e. The van der Waals surface area contributed by atoms with Gasteiger partial charge in [-0.1, -0.05) is 0 Å². The van der Waals surface area contributed by atoms with Crippen LogP contribution in [0, 0.1) is 11.6 Å². The number of hydrogen-bond acceptors (Lipinski definition) is 4. The molecule has 0 aliphatic carbocycles. The monoisotopic (exact) mass is 300 g/mol. The normalized spacial score (nSPS) is 16.0. The number of ether oxygens (including phenoxy) is 2. The summed E-state index contributed by atoms with van der Waals surface area (Å²) in [5.41, 5.74) is 0.650. The first-order valence-corrected chi connectivity index (χ1v) is 7.22. The minimum atomic E-state index is -0.513. The Labute approximate surface area is 124 Å². The van der Waals surface area contributed by atoms with Crippen molar-refractivity contribution in [3.8, 4) is 0 Å². The highest BCUT2D eigenvalue weighted by Crippen LogP contribution is 2.26. The van der Waals surface area contributed by atoms with Gasteiger partial charge in [0.05, 0.1) is 13.2 Å². The van der Waals surface area contributed by atoms with Crippen LogP contribution >= 0.6 is 0 Å². The summed E-state index contributed by atoms with van der Waals surface area (Å²) < 4.78 is 38.7. The van der Waals surface area contributed by atoms with Crippen LogP contribution in [-0.4, -0.2) is 46.6 Å². The van der Waals surface area contributed by atoms with E-state index in [1.54, 1.807) is 12.0 Å². The first-order valence-electron chi connectivity index (χ1n) is 7.22. The molecule has 118 valence electrons. The summed E-state index contributed by atoms with van der Waals surface area (Å²) in [5.74, 6) is -1.03. The Morgan fingerprint density at radius 1 is 1.24 bits per heavy atom. The molecule has 4 nitrogen and oxygen atoms in total. The number of anilines is 1. The van der Waals surface area contributed by atoms with Crippen LogP contribution < -0.4 is 10.2 Å². The van der Waals surface area contributed by atoms with Gasteiger partial charge in [0.1, 0.15) is 17.3 Å². The van der Waals surface area contributed by atoms with E-state index in [0.29, 0.717) is 51.6 Å². The van der Waals surface area contributed by atoms with Gasteiger partial charge in [0.2, 0.25) is 0 Å². The zero-order valence-electron chi connectivity index (χ0n) is 12.3. The molecule has 0 atom stereocenters. The van der Waals surface area contributed by atoms with Crippen molar-refractivity contribution in [3.05, 3.63) is 29.3 Å². The second-order valence-electron chi connectivity index (χ2n) is 5.03. The molecule has 1 heterocycles. The van der Waals surface area contributed by atoms with Crippen molar-refractivity contribution in [1.29, 1.82) is 0 Å². The summed E-state index contributed by atoms with van der Waals surface area (Å²) >= 11 is 0. The van der Waals surface area contributed by atoms with Crippen LogP contribution in [0.15, 0.2) is 12.1 Å². The highest BCUT2D eigenvalue weighted by atomic mass is 19.1. The third-order valence-electron chi connectivity index (χ3n) is 3.43. The van der Waals surface area contributed by atoms with E-state index in [0.717, 1.165) is 6.42 Å². The molecule has 1 fully saturated rings. The molecule has 0 spiro atoms. The fourth-order valence-corrected chi connectivity index (χ4v) is 2.40. The average Bonchev–Trinajstić information content (AvgIpc) is 2.72. The van der Waals surface area contributed by atoms with Crippen LogP contribution in [0.4, 0.5) is 14.5 Å². The molecule has 6 heteroatoms. The number of nitrogens with zero attached hydrogens (tertiary/aromatic N) is 1. The lowest BCUT2D eigenvalue weighted by Crippen LogP contribution is -2.28. The molecule has 0 amide bonds. The van der Waals surface area contributed by atoms with E-state index in [2.05, 4.69) is 5.32 Å². The molecule has 1 aliphatic rings. The maximum atomic E-state index is 14.2. The summed E-state index contributed by atoms with van der Waals surface area (Å²) in [7, 11) is 1.61. The number of rotatable bonds is 6. The zero-order chi connectivity index (χ0) is 15.1. The van der Waals surface area contributed by atoms with Crippen LogP contribution in [0.3, 0.4) is 0 Å². The summed E-state index contributed by atoms with van der Waals surface area (Å²) in [4.78, 5) is 1.72. The Kier molecular flexibility index (Phi) is 6.35. The molecule has 1 saturated heterocycles. The first kappa shape index (κ1) is 16.1. The molecule has 0 aromatic heterocycles. The van der Waals surface area contributed by atoms with Gasteiger partial charge in [0, 0.05) is 39.9 Å². The number of halogens is 2. The van der Waals surface area contributed by atoms with E-state index in [1.165, 1.54) is 12.1 Å². The second kappa shape index (κ2) is 8.26. The minimum Gasteiger partial charge on any atom is -0.383 e. The summed E-state index contributed by atoms with van der Waals surface area (Å²) in [6, 6.07) is 2.79. The van der Waals surface area contributed by atoms with Gasteiger partial charge in [-0.2, -0.15) is 0 Å². The molecular weight excluding hydrogens is 278 g/mol. The highest BCUT2D eigenvalue weighted by molar-refractivity contribution is 5.50. The van der Waals surface area contributed by atoms with Crippen molar-refractivity contribution in [1.82, 2.24) is 5.32 Å². The fourth-order valence-electron chi connectivity index (χ4n) is 2.40. The van der Waals surface area contributed by atoms with E-state index in [9.17, 15) is 8.78 Å². The summed E-state index contributed by atoms with van der Waals surface area (Å²) in [5, 5.41) is 3.07. The largest absolute Gasteiger partial charge is 0.383 e. The molecule has 1 N–H and O–H groups in total. The Morgan fingerprint density at radius 3 is 2.71 bits per heavy atom. The number of nitrogens with one attached hydrogen (secondary N) is 1. The molecule has 1 aromatic carbocycles. The van der Waals surface area contributed by atoms with Crippen molar-refractivity contribution >= 4 is 5.69 Å². The molecule has 0 unspecified atom stereocenters. The summed E-state index contributed by atoms with van der Waals surface area (Å²) in [6.07, 6.45) is 0.777. The van der Waals surface area contributed by atoms with Crippen molar-refractivity contribution in [3.63, 3.8) is 0 Å². The van der Waals surface area contributed by atoms with Crippen molar-refractivity contribution in [2.75, 3.05) is 51.5 Å². The Balaban J connectivity index is 2.05. The average molecular weight is 300 g/mol. The van der Waals surface area contributed by atoms with Gasteiger partial charge in [-0.05, 0) is 24.1 Å². The first-order chi connectivity index (χ1) is 10.2. The van der Waals surface area contributed by atoms with Gasteiger partial charge in [-0.25, -0.2) is 8.78 Å². The molecule has 1 aliphatic heterocycles. The SMILES string of the molecule is COCCNCc1cc(F)c(N2CCCOCC2)c(F)c1. The van der Waals surface area contributed by atoms with E-state index in [4.69, 9.17) is 9.47 Å². The van der Waals surface area contributed by atoms with Crippen LogP contribution in [0.2, 0.25) is 0 Å². The van der Waals surface area contributed by atoms with Gasteiger partial charge in [0.25, 0.3) is 0 Å². The third-order valence-corrected chi connectivity index (χ3v) is 3.43. The predicted octanol–water partition coefficient (Wildman–Crippen LogP) is 1.93. The second-order valence-corrected chi connectivity index (χ2v) is 5.03. The maximum absolute atomic E-state index is 14.2. The van der Waals surface area contributed by atoms with Crippen molar-refractivity contribution < 1.29 is 18.3 Å². The molecule has 0 radical (unpaired) electrons. The van der Waals surface area contributed by atoms with E-state index >= 15 is 0 Å².